The van der Waals surface area contributed by atoms with E-state index in [9.17, 15) is 9.59 Å². The van der Waals surface area contributed by atoms with Crippen LogP contribution in [0.1, 0.15) is 6.42 Å². The number of anilines is 1. The van der Waals surface area contributed by atoms with E-state index in [1.165, 1.54) is 22.2 Å². The first-order valence-electron chi connectivity index (χ1n) is 9.12. The molecule has 29 heavy (non-hydrogen) atoms. The third-order valence-electron chi connectivity index (χ3n) is 4.61. The van der Waals surface area contributed by atoms with Gasteiger partial charge >= 0.3 is 0 Å². The van der Waals surface area contributed by atoms with Crippen LogP contribution >= 0.6 is 11.3 Å². The van der Waals surface area contributed by atoms with Crippen molar-refractivity contribution in [3.05, 3.63) is 76.7 Å². The smallest absolute Gasteiger partial charge is 0.262 e. The van der Waals surface area contributed by atoms with Gasteiger partial charge in [-0.1, -0.05) is 42.5 Å². The second-order valence-electron chi connectivity index (χ2n) is 6.44. The van der Waals surface area contributed by atoms with Gasteiger partial charge in [0.05, 0.1) is 24.5 Å². The van der Waals surface area contributed by atoms with Crippen LogP contribution < -0.4 is 15.6 Å². The second-order valence-corrected chi connectivity index (χ2v) is 7.30. The number of aryl methyl sites for hydroxylation is 1. The van der Waals surface area contributed by atoms with Crippen molar-refractivity contribution >= 4 is 33.1 Å². The molecule has 0 fully saturated rings. The van der Waals surface area contributed by atoms with Crippen molar-refractivity contribution in [2.45, 2.75) is 13.0 Å². The van der Waals surface area contributed by atoms with Crippen molar-refractivity contribution in [3.63, 3.8) is 0 Å². The maximum Gasteiger partial charge on any atom is 0.262 e. The van der Waals surface area contributed by atoms with Gasteiger partial charge in [-0.3, -0.25) is 14.2 Å². The van der Waals surface area contributed by atoms with Gasteiger partial charge in [-0.2, -0.15) is 0 Å². The van der Waals surface area contributed by atoms with E-state index < -0.39 is 0 Å². The molecule has 2 aromatic carbocycles. The van der Waals surface area contributed by atoms with Crippen LogP contribution in [0.15, 0.2) is 71.1 Å². The third kappa shape index (κ3) is 3.90. The average molecular weight is 405 g/mol. The quantitative estimate of drug-likeness (QED) is 0.523. The highest BCUT2D eigenvalue weighted by Gasteiger charge is 2.14. The fourth-order valence-electron chi connectivity index (χ4n) is 3.14. The Kier molecular flexibility index (Phi) is 5.39. The van der Waals surface area contributed by atoms with Crippen molar-refractivity contribution in [1.82, 2.24) is 9.55 Å². The van der Waals surface area contributed by atoms with Crippen molar-refractivity contribution in [2.24, 2.45) is 0 Å². The molecule has 0 radical (unpaired) electrons. The molecular weight excluding hydrogens is 386 g/mol. The summed E-state index contributed by atoms with van der Waals surface area (Å²) in [4.78, 5) is 30.5. The van der Waals surface area contributed by atoms with Gasteiger partial charge in [0.25, 0.3) is 5.56 Å². The fraction of sp³-hybridized carbons (Fsp3) is 0.136. The zero-order valence-electron chi connectivity index (χ0n) is 15.8. The molecule has 4 aromatic rings. The van der Waals surface area contributed by atoms with Crippen LogP contribution in [0.4, 0.5) is 5.69 Å². The highest BCUT2D eigenvalue weighted by Crippen LogP contribution is 2.30. The second kappa shape index (κ2) is 8.28. The van der Waals surface area contributed by atoms with Gasteiger partial charge in [0.1, 0.15) is 10.6 Å². The van der Waals surface area contributed by atoms with Crippen LogP contribution in [0.3, 0.4) is 0 Å². The number of carbonyl (C=O) groups is 1. The minimum absolute atomic E-state index is 0.139. The topological polar surface area (TPSA) is 73.2 Å². The van der Waals surface area contributed by atoms with E-state index in [1.54, 1.807) is 19.2 Å². The number of aromatic nitrogens is 2. The highest BCUT2D eigenvalue weighted by molar-refractivity contribution is 7.17. The van der Waals surface area contributed by atoms with E-state index in [0.29, 0.717) is 21.7 Å². The van der Waals surface area contributed by atoms with Gasteiger partial charge in [0.2, 0.25) is 5.91 Å². The first kappa shape index (κ1) is 18.9. The predicted octanol–water partition coefficient (Wildman–Crippen LogP) is 4.16. The summed E-state index contributed by atoms with van der Waals surface area (Å²) >= 11 is 1.44. The minimum Gasteiger partial charge on any atom is -0.495 e. The SMILES string of the molecule is COc1ccccc1NC(=O)CCn1cnc2scc(-c3ccccc3)c2c1=O. The number of carbonyl (C=O) groups excluding carboxylic acids is 1. The molecule has 6 nitrogen and oxygen atoms in total. The number of nitrogens with one attached hydrogen (secondary N) is 1. The molecule has 0 aliphatic rings. The summed E-state index contributed by atoms with van der Waals surface area (Å²) in [5, 5.41) is 5.37. The molecule has 2 aromatic heterocycles. The van der Waals surface area contributed by atoms with E-state index in [4.69, 9.17) is 4.74 Å². The molecule has 0 aliphatic heterocycles. The Morgan fingerprint density at radius 3 is 2.69 bits per heavy atom. The number of hydrogen-bond acceptors (Lipinski definition) is 5. The van der Waals surface area contributed by atoms with Crippen LogP contribution in [0, 0.1) is 0 Å². The summed E-state index contributed by atoms with van der Waals surface area (Å²) in [6.45, 7) is 0.243. The van der Waals surface area contributed by atoms with Crippen molar-refractivity contribution < 1.29 is 9.53 Å². The van der Waals surface area contributed by atoms with Gasteiger partial charge in [0, 0.05) is 23.9 Å². The molecule has 146 valence electrons. The molecule has 4 rings (SSSR count). The average Bonchev–Trinajstić information content (AvgIpc) is 3.19. The number of thiophene rings is 1. The first-order chi connectivity index (χ1) is 14.2. The Hall–Kier alpha value is -3.45. The summed E-state index contributed by atoms with van der Waals surface area (Å²) in [5.74, 6) is 0.391. The lowest BCUT2D eigenvalue weighted by molar-refractivity contribution is -0.116. The molecule has 0 bridgehead atoms. The largest absolute Gasteiger partial charge is 0.495 e. The summed E-state index contributed by atoms with van der Waals surface area (Å²) < 4.78 is 6.73. The number of hydrogen-bond donors (Lipinski definition) is 1. The first-order valence-corrected chi connectivity index (χ1v) is 10.0. The van der Waals surface area contributed by atoms with Gasteiger partial charge in [-0.05, 0) is 17.7 Å². The number of ether oxygens (including phenoxy) is 1. The van der Waals surface area contributed by atoms with Crippen LogP contribution in [0.25, 0.3) is 21.3 Å². The maximum absolute atomic E-state index is 13.0. The molecule has 0 aliphatic carbocycles. The molecular formula is C22H19N3O3S. The van der Waals surface area contributed by atoms with Crippen LogP contribution in [0.2, 0.25) is 0 Å². The number of benzene rings is 2. The van der Waals surface area contributed by atoms with E-state index in [2.05, 4.69) is 10.3 Å². The molecule has 0 saturated carbocycles. The number of amides is 1. The molecule has 7 heteroatoms. The minimum atomic E-state index is -0.199. The van der Waals surface area contributed by atoms with Gasteiger partial charge in [-0.25, -0.2) is 4.98 Å². The lowest BCUT2D eigenvalue weighted by Crippen LogP contribution is -2.23. The summed E-state index contributed by atoms with van der Waals surface area (Å²) in [7, 11) is 1.55. The van der Waals surface area contributed by atoms with Gasteiger partial charge in [-0.15, -0.1) is 11.3 Å². The van der Waals surface area contributed by atoms with Gasteiger partial charge < -0.3 is 10.1 Å². The van der Waals surface area contributed by atoms with E-state index in [1.807, 2.05) is 47.8 Å². The fourth-order valence-corrected chi connectivity index (χ4v) is 4.05. The summed E-state index contributed by atoms with van der Waals surface area (Å²) in [6.07, 6.45) is 1.66. The predicted molar refractivity (Wildman–Crippen MR) is 116 cm³/mol. The Bertz CT molecular complexity index is 1210. The highest BCUT2D eigenvalue weighted by atomic mass is 32.1. The number of para-hydroxylation sites is 2. The maximum atomic E-state index is 13.0. The lowest BCUT2D eigenvalue weighted by atomic mass is 10.1. The third-order valence-corrected chi connectivity index (χ3v) is 5.49. The van der Waals surface area contributed by atoms with Crippen molar-refractivity contribution in [1.29, 1.82) is 0 Å². The molecule has 1 N–H and O–H groups in total. The molecule has 2 heterocycles. The summed E-state index contributed by atoms with van der Waals surface area (Å²) in [6, 6.07) is 17.0. The molecule has 0 unspecified atom stereocenters. The Morgan fingerprint density at radius 2 is 1.90 bits per heavy atom. The zero-order valence-corrected chi connectivity index (χ0v) is 16.6. The Morgan fingerprint density at radius 1 is 1.14 bits per heavy atom. The van der Waals surface area contributed by atoms with E-state index >= 15 is 0 Å². The van der Waals surface area contributed by atoms with Gasteiger partial charge in [0.15, 0.2) is 0 Å². The van der Waals surface area contributed by atoms with E-state index in [0.717, 1.165) is 11.1 Å². The van der Waals surface area contributed by atoms with E-state index in [-0.39, 0.29) is 24.4 Å². The van der Waals surface area contributed by atoms with Crippen LogP contribution in [-0.4, -0.2) is 22.6 Å². The molecule has 1 amide bonds. The lowest BCUT2D eigenvalue weighted by Gasteiger charge is -2.10. The Labute approximate surface area is 171 Å². The number of methoxy groups -OCH3 is 1. The summed E-state index contributed by atoms with van der Waals surface area (Å²) in [5.41, 5.74) is 2.31. The van der Waals surface area contributed by atoms with Crippen molar-refractivity contribution in [2.75, 3.05) is 12.4 Å². The molecule has 0 saturated heterocycles. The van der Waals surface area contributed by atoms with Crippen LogP contribution in [0.5, 0.6) is 5.75 Å². The molecule has 0 spiro atoms. The number of rotatable bonds is 6. The van der Waals surface area contributed by atoms with Crippen LogP contribution in [-0.2, 0) is 11.3 Å². The standard InChI is InChI=1S/C22H19N3O3S/c1-28-18-10-6-5-9-17(18)24-19(26)11-12-25-14-23-21-20(22(25)27)16(13-29-21)15-7-3-2-4-8-15/h2-10,13-14H,11-12H2,1H3,(H,24,26). The number of fused-ring (bicyclic) bond motifs is 1. The zero-order chi connectivity index (χ0) is 20.2. The van der Waals surface area contributed by atoms with Crippen molar-refractivity contribution in [3.8, 4) is 16.9 Å². The molecule has 0 atom stereocenters. The Balaban J connectivity index is 1.55. The normalized spacial score (nSPS) is 10.8. The number of nitrogens with zero attached hydrogens (tertiary/aromatic N) is 2. The monoisotopic (exact) mass is 405 g/mol.